The van der Waals surface area contributed by atoms with Crippen molar-refractivity contribution in [2.24, 2.45) is 0 Å². The average Bonchev–Trinajstić information content (AvgIpc) is 2.64. The van der Waals surface area contributed by atoms with Crippen molar-refractivity contribution < 1.29 is 9.84 Å². The fourth-order valence-electron chi connectivity index (χ4n) is 2.97. The maximum Gasteiger partial charge on any atom is 0.117 e. The molecule has 0 bridgehead atoms. The summed E-state index contributed by atoms with van der Waals surface area (Å²) in [5, 5.41) is 10.8. The van der Waals surface area contributed by atoms with Crippen molar-refractivity contribution in [3.05, 3.63) is 21.9 Å². The van der Waals surface area contributed by atoms with E-state index in [1.807, 2.05) is 6.92 Å². The van der Waals surface area contributed by atoms with Crippen LogP contribution >= 0.6 is 11.3 Å². The summed E-state index contributed by atoms with van der Waals surface area (Å²) >= 11 is 1.69. The van der Waals surface area contributed by atoms with Gasteiger partial charge in [-0.25, -0.2) is 0 Å². The van der Waals surface area contributed by atoms with Gasteiger partial charge < -0.3 is 9.84 Å². The summed E-state index contributed by atoms with van der Waals surface area (Å²) in [7, 11) is 0. The average molecular weight is 268 g/mol. The van der Waals surface area contributed by atoms with Crippen molar-refractivity contribution in [2.45, 2.75) is 64.1 Å². The van der Waals surface area contributed by atoms with E-state index in [-0.39, 0.29) is 5.60 Å². The molecule has 0 radical (unpaired) electrons. The Hall–Kier alpha value is -0.380. The molecule has 18 heavy (non-hydrogen) atoms. The van der Waals surface area contributed by atoms with E-state index in [1.165, 1.54) is 30.6 Å². The van der Waals surface area contributed by atoms with E-state index >= 15 is 0 Å². The molecule has 0 saturated heterocycles. The van der Waals surface area contributed by atoms with Gasteiger partial charge in [-0.2, -0.15) is 0 Å². The summed E-state index contributed by atoms with van der Waals surface area (Å²) in [4.78, 5) is 2.31. The quantitative estimate of drug-likeness (QED) is 0.828. The van der Waals surface area contributed by atoms with Gasteiger partial charge in [0.1, 0.15) is 6.10 Å². The third-order valence-electron chi connectivity index (χ3n) is 3.91. The highest BCUT2D eigenvalue weighted by Crippen LogP contribution is 2.42. The Morgan fingerprint density at radius 2 is 1.94 bits per heavy atom. The van der Waals surface area contributed by atoms with Crippen LogP contribution in [-0.2, 0) is 4.74 Å². The first-order valence-corrected chi connectivity index (χ1v) is 7.88. The fourth-order valence-corrected chi connectivity index (χ4v) is 3.94. The molecular weight excluding hydrogens is 244 g/mol. The topological polar surface area (TPSA) is 29.5 Å². The van der Waals surface area contributed by atoms with Crippen molar-refractivity contribution in [3.63, 3.8) is 0 Å². The van der Waals surface area contributed by atoms with Crippen LogP contribution in [0.4, 0.5) is 0 Å². The Morgan fingerprint density at radius 1 is 1.28 bits per heavy atom. The standard InChI is InChI=1S/C15H24O2S/c1-3-17-15(10-6-4-5-7-11-15)14(16)13-9-8-12(2)18-13/h8-9,14,16H,3-7,10-11H2,1-2H3. The zero-order valence-corrected chi connectivity index (χ0v) is 12.3. The highest BCUT2D eigenvalue weighted by molar-refractivity contribution is 7.12. The zero-order valence-electron chi connectivity index (χ0n) is 11.4. The maximum atomic E-state index is 10.8. The third-order valence-corrected chi connectivity index (χ3v) is 4.96. The van der Waals surface area contributed by atoms with Crippen LogP contribution in [0.15, 0.2) is 12.1 Å². The Balaban J connectivity index is 2.22. The molecule has 0 amide bonds. The summed E-state index contributed by atoms with van der Waals surface area (Å²) in [6.07, 6.45) is 6.38. The van der Waals surface area contributed by atoms with Gasteiger partial charge in [-0.3, -0.25) is 0 Å². The molecule has 1 aliphatic carbocycles. The van der Waals surface area contributed by atoms with Crippen LogP contribution in [0.5, 0.6) is 0 Å². The van der Waals surface area contributed by atoms with Gasteiger partial charge in [0.05, 0.1) is 5.60 Å². The minimum atomic E-state index is -0.464. The van der Waals surface area contributed by atoms with Gasteiger partial charge in [0.25, 0.3) is 0 Å². The Morgan fingerprint density at radius 3 is 2.44 bits per heavy atom. The predicted molar refractivity (Wildman–Crippen MR) is 76.1 cm³/mol. The van der Waals surface area contributed by atoms with E-state index in [0.29, 0.717) is 6.61 Å². The number of aliphatic hydroxyl groups excluding tert-OH is 1. The second kappa shape index (κ2) is 6.18. The smallest absolute Gasteiger partial charge is 0.117 e. The lowest BCUT2D eigenvalue weighted by molar-refractivity contribution is -0.130. The van der Waals surface area contributed by atoms with Gasteiger partial charge in [0, 0.05) is 16.4 Å². The number of aliphatic hydroxyl groups is 1. The molecule has 1 aromatic rings. The van der Waals surface area contributed by atoms with Crippen LogP contribution in [0.3, 0.4) is 0 Å². The molecule has 2 rings (SSSR count). The molecule has 1 heterocycles. The van der Waals surface area contributed by atoms with Crippen molar-refractivity contribution in [3.8, 4) is 0 Å². The normalized spacial score (nSPS) is 21.5. The van der Waals surface area contributed by atoms with E-state index in [0.717, 1.165) is 17.7 Å². The first-order valence-electron chi connectivity index (χ1n) is 7.06. The van der Waals surface area contributed by atoms with Gasteiger partial charge in [0.2, 0.25) is 0 Å². The first kappa shape index (κ1) is 14.0. The van der Waals surface area contributed by atoms with E-state index < -0.39 is 6.10 Å². The molecule has 1 aromatic heterocycles. The Kier molecular flexibility index (Phi) is 4.82. The molecule has 0 aliphatic heterocycles. The molecule has 3 heteroatoms. The maximum absolute atomic E-state index is 10.8. The molecule has 102 valence electrons. The number of thiophene rings is 1. The lowest BCUT2D eigenvalue weighted by Crippen LogP contribution is -2.39. The van der Waals surface area contributed by atoms with Gasteiger partial charge in [0.15, 0.2) is 0 Å². The summed E-state index contributed by atoms with van der Waals surface area (Å²) in [5.41, 5.74) is -0.345. The van der Waals surface area contributed by atoms with Crippen LogP contribution < -0.4 is 0 Å². The first-order chi connectivity index (χ1) is 8.68. The highest BCUT2D eigenvalue weighted by Gasteiger charge is 2.40. The SMILES string of the molecule is CCOC1(C(O)c2ccc(C)s2)CCCCCC1. The Bertz CT molecular complexity index is 364. The van der Waals surface area contributed by atoms with E-state index in [1.54, 1.807) is 11.3 Å². The molecule has 0 aromatic carbocycles. The number of aryl methyl sites for hydroxylation is 1. The summed E-state index contributed by atoms with van der Waals surface area (Å²) < 4.78 is 6.03. The third kappa shape index (κ3) is 2.95. The number of hydrogen-bond donors (Lipinski definition) is 1. The molecule has 1 saturated carbocycles. The summed E-state index contributed by atoms with van der Waals surface area (Å²) in [6, 6.07) is 4.13. The van der Waals surface area contributed by atoms with Gasteiger partial charge >= 0.3 is 0 Å². The van der Waals surface area contributed by atoms with Gasteiger partial charge in [-0.1, -0.05) is 25.7 Å². The van der Waals surface area contributed by atoms with Crippen molar-refractivity contribution in [1.29, 1.82) is 0 Å². The lowest BCUT2D eigenvalue weighted by atomic mass is 9.87. The van der Waals surface area contributed by atoms with Crippen LogP contribution in [-0.4, -0.2) is 17.3 Å². The van der Waals surface area contributed by atoms with E-state index in [2.05, 4.69) is 19.1 Å². The fraction of sp³-hybridized carbons (Fsp3) is 0.733. The van der Waals surface area contributed by atoms with Crippen molar-refractivity contribution in [1.82, 2.24) is 0 Å². The molecule has 1 unspecified atom stereocenters. The summed E-state index contributed by atoms with van der Waals surface area (Å²) in [5.74, 6) is 0. The van der Waals surface area contributed by atoms with E-state index in [9.17, 15) is 5.11 Å². The van der Waals surface area contributed by atoms with Crippen LogP contribution in [0.1, 0.15) is 61.3 Å². The number of hydrogen-bond acceptors (Lipinski definition) is 3. The van der Waals surface area contributed by atoms with Crippen LogP contribution in [0.25, 0.3) is 0 Å². The Labute approximate surface area is 114 Å². The monoisotopic (exact) mass is 268 g/mol. The summed E-state index contributed by atoms with van der Waals surface area (Å²) in [6.45, 7) is 4.79. The zero-order chi connectivity index (χ0) is 13.0. The largest absolute Gasteiger partial charge is 0.385 e. The van der Waals surface area contributed by atoms with Gasteiger partial charge in [-0.05, 0) is 38.8 Å². The molecular formula is C15H24O2S. The van der Waals surface area contributed by atoms with Crippen LogP contribution in [0.2, 0.25) is 0 Å². The predicted octanol–water partition coefficient (Wildman–Crippen LogP) is 4.22. The molecule has 1 N–H and O–H groups in total. The van der Waals surface area contributed by atoms with Crippen molar-refractivity contribution in [2.75, 3.05) is 6.61 Å². The molecule has 1 atom stereocenters. The van der Waals surface area contributed by atoms with Crippen molar-refractivity contribution >= 4 is 11.3 Å². The van der Waals surface area contributed by atoms with E-state index in [4.69, 9.17) is 4.74 Å². The lowest BCUT2D eigenvalue weighted by Gasteiger charge is -2.36. The second-order valence-electron chi connectivity index (χ2n) is 5.26. The molecule has 0 spiro atoms. The molecule has 1 aliphatic rings. The minimum Gasteiger partial charge on any atom is -0.385 e. The van der Waals surface area contributed by atoms with Gasteiger partial charge in [-0.15, -0.1) is 11.3 Å². The number of rotatable bonds is 4. The minimum absolute atomic E-state index is 0.345. The second-order valence-corrected chi connectivity index (χ2v) is 6.58. The number of ether oxygens (including phenoxy) is 1. The molecule has 1 fully saturated rings. The van der Waals surface area contributed by atoms with Crippen LogP contribution in [0, 0.1) is 6.92 Å². The molecule has 2 nitrogen and oxygen atoms in total. The highest BCUT2D eigenvalue weighted by atomic mass is 32.1.